The van der Waals surface area contributed by atoms with Gasteiger partial charge in [-0.2, -0.15) is 0 Å². The maximum atomic E-state index is 11.8. The molecule has 162 valence electrons. The summed E-state index contributed by atoms with van der Waals surface area (Å²) in [5.74, 6) is 2.34. The zero-order chi connectivity index (χ0) is 20.5. The van der Waals surface area contributed by atoms with E-state index in [1.54, 1.807) is 14.1 Å². The number of hydrogen-bond acceptors (Lipinski definition) is 3. The minimum atomic E-state index is -0.0696. The summed E-state index contributed by atoms with van der Waals surface area (Å²) in [7, 11) is 3.40. The van der Waals surface area contributed by atoms with Crippen LogP contribution in [0.4, 0.5) is 0 Å². The third-order valence-electron chi connectivity index (χ3n) is 4.94. The molecule has 0 saturated heterocycles. The molecule has 1 amide bonds. The van der Waals surface area contributed by atoms with Gasteiger partial charge in [0.05, 0.1) is 6.61 Å². The molecule has 0 heterocycles. The number of carbonyl (C=O) groups excluding carboxylic acids is 1. The lowest BCUT2D eigenvalue weighted by molar-refractivity contribution is 0.0963. The summed E-state index contributed by atoms with van der Waals surface area (Å²) in [5, 5.41) is 9.33. The van der Waals surface area contributed by atoms with Gasteiger partial charge in [0.1, 0.15) is 5.75 Å². The molecule has 1 aliphatic rings. The highest BCUT2D eigenvalue weighted by molar-refractivity contribution is 14.0. The molecule has 2 aromatic rings. The van der Waals surface area contributed by atoms with Gasteiger partial charge in [0, 0.05) is 38.3 Å². The molecular formula is C23H31IN4O2. The highest BCUT2D eigenvalue weighted by atomic mass is 127. The van der Waals surface area contributed by atoms with E-state index in [0.717, 1.165) is 48.3 Å². The van der Waals surface area contributed by atoms with Crippen LogP contribution in [0.5, 0.6) is 5.75 Å². The molecule has 0 aliphatic heterocycles. The second-order valence-electron chi connectivity index (χ2n) is 7.24. The molecule has 0 atom stereocenters. The SMILES string of the molecule is CN=C(NCCc1cccc(C(=O)NC)c1)NCc1ccccc1OCC1CC1.I. The Morgan fingerprint density at radius 1 is 1.13 bits per heavy atom. The summed E-state index contributed by atoms with van der Waals surface area (Å²) in [5.41, 5.74) is 2.90. The van der Waals surface area contributed by atoms with E-state index >= 15 is 0 Å². The van der Waals surface area contributed by atoms with E-state index in [4.69, 9.17) is 4.74 Å². The molecule has 1 saturated carbocycles. The van der Waals surface area contributed by atoms with E-state index in [9.17, 15) is 4.79 Å². The van der Waals surface area contributed by atoms with Gasteiger partial charge in [0.2, 0.25) is 0 Å². The lowest BCUT2D eigenvalue weighted by Crippen LogP contribution is -2.38. The van der Waals surface area contributed by atoms with Gasteiger partial charge >= 0.3 is 0 Å². The average molecular weight is 522 g/mol. The second-order valence-corrected chi connectivity index (χ2v) is 7.24. The first-order chi connectivity index (χ1) is 14.2. The maximum absolute atomic E-state index is 11.8. The van der Waals surface area contributed by atoms with Crippen molar-refractivity contribution in [3.05, 3.63) is 65.2 Å². The van der Waals surface area contributed by atoms with E-state index in [0.29, 0.717) is 12.1 Å². The first kappa shape index (κ1) is 24.0. The standard InChI is InChI=1S/C23H30N4O2.HI/c1-24-22(28)19-8-5-6-17(14-19)12-13-26-23(25-2)27-15-20-7-3-4-9-21(20)29-16-18-10-11-18;/h3-9,14,18H,10-13,15-16H2,1-2H3,(H,24,28)(H2,25,26,27);1H. The number of benzene rings is 2. The third kappa shape index (κ3) is 7.51. The monoisotopic (exact) mass is 522 g/mol. The predicted octanol–water partition coefficient (Wildman–Crippen LogP) is 3.36. The van der Waals surface area contributed by atoms with E-state index in [1.165, 1.54) is 12.8 Å². The Morgan fingerprint density at radius 2 is 1.93 bits per heavy atom. The zero-order valence-corrected chi connectivity index (χ0v) is 19.9. The lowest BCUT2D eigenvalue weighted by Gasteiger charge is -2.15. The number of carbonyl (C=O) groups is 1. The molecule has 0 radical (unpaired) electrons. The molecular weight excluding hydrogens is 491 g/mol. The predicted molar refractivity (Wildman–Crippen MR) is 132 cm³/mol. The number of amides is 1. The third-order valence-corrected chi connectivity index (χ3v) is 4.94. The minimum absolute atomic E-state index is 0. The van der Waals surface area contributed by atoms with E-state index < -0.39 is 0 Å². The average Bonchev–Trinajstić information content (AvgIpc) is 3.59. The number of para-hydroxylation sites is 1. The van der Waals surface area contributed by atoms with Crippen LogP contribution in [0.2, 0.25) is 0 Å². The number of halogens is 1. The van der Waals surface area contributed by atoms with Crippen molar-refractivity contribution in [1.82, 2.24) is 16.0 Å². The van der Waals surface area contributed by atoms with Crippen LogP contribution in [0.1, 0.15) is 34.3 Å². The number of guanidine groups is 1. The Morgan fingerprint density at radius 3 is 2.67 bits per heavy atom. The van der Waals surface area contributed by atoms with Gasteiger partial charge in [0.25, 0.3) is 5.91 Å². The Hall–Kier alpha value is -2.29. The van der Waals surface area contributed by atoms with Crippen LogP contribution in [0.15, 0.2) is 53.5 Å². The molecule has 2 aromatic carbocycles. The van der Waals surface area contributed by atoms with Crippen molar-refractivity contribution >= 4 is 35.8 Å². The fourth-order valence-corrected chi connectivity index (χ4v) is 3.02. The lowest BCUT2D eigenvalue weighted by atomic mass is 10.1. The highest BCUT2D eigenvalue weighted by Gasteiger charge is 2.22. The largest absolute Gasteiger partial charge is 0.493 e. The van der Waals surface area contributed by atoms with Crippen molar-refractivity contribution in [3.8, 4) is 5.75 Å². The summed E-state index contributed by atoms with van der Waals surface area (Å²) in [6.07, 6.45) is 3.36. The molecule has 0 unspecified atom stereocenters. The van der Waals surface area contributed by atoms with Crippen molar-refractivity contribution in [1.29, 1.82) is 0 Å². The van der Waals surface area contributed by atoms with Gasteiger partial charge in [0.15, 0.2) is 5.96 Å². The second kappa shape index (κ2) is 12.4. The molecule has 0 spiro atoms. The molecule has 6 nitrogen and oxygen atoms in total. The van der Waals surface area contributed by atoms with Crippen molar-refractivity contribution in [3.63, 3.8) is 0 Å². The highest BCUT2D eigenvalue weighted by Crippen LogP contribution is 2.30. The quantitative estimate of drug-likeness (QED) is 0.268. The number of ether oxygens (including phenoxy) is 1. The van der Waals surface area contributed by atoms with Crippen LogP contribution in [-0.4, -0.2) is 39.1 Å². The number of hydrogen-bond donors (Lipinski definition) is 3. The van der Waals surface area contributed by atoms with E-state index in [-0.39, 0.29) is 29.9 Å². The summed E-state index contributed by atoms with van der Waals surface area (Å²) in [6, 6.07) is 15.8. The summed E-state index contributed by atoms with van der Waals surface area (Å²) in [6.45, 7) is 2.17. The molecule has 30 heavy (non-hydrogen) atoms. The minimum Gasteiger partial charge on any atom is -0.493 e. The molecule has 1 fully saturated rings. The summed E-state index contributed by atoms with van der Waals surface area (Å²) < 4.78 is 5.97. The summed E-state index contributed by atoms with van der Waals surface area (Å²) >= 11 is 0. The Bertz CT molecular complexity index is 853. The Labute approximate surface area is 195 Å². The van der Waals surface area contributed by atoms with Crippen LogP contribution in [0.3, 0.4) is 0 Å². The van der Waals surface area contributed by atoms with Crippen LogP contribution in [0.25, 0.3) is 0 Å². The van der Waals surface area contributed by atoms with Gasteiger partial charge in [-0.05, 0) is 48.9 Å². The zero-order valence-electron chi connectivity index (χ0n) is 17.6. The van der Waals surface area contributed by atoms with Crippen LogP contribution < -0.4 is 20.7 Å². The van der Waals surface area contributed by atoms with Gasteiger partial charge < -0.3 is 20.7 Å². The van der Waals surface area contributed by atoms with Crippen LogP contribution >= 0.6 is 24.0 Å². The summed E-state index contributed by atoms with van der Waals surface area (Å²) in [4.78, 5) is 16.1. The number of nitrogens with zero attached hydrogens (tertiary/aromatic N) is 1. The molecule has 3 rings (SSSR count). The van der Waals surface area contributed by atoms with Crippen LogP contribution in [-0.2, 0) is 13.0 Å². The van der Waals surface area contributed by atoms with Crippen molar-refractivity contribution in [2.75, 3.05) is 27.2 Å². The van der Waals surface area contributed by atoms with Gasteiger partial charge in [-0.1, -0.05) is 30.3 Å². The number of rotatable bonds is 9. The normalized spacial score (nSPS) is 13.2. The Balaban J connectivity index is 0.00000320. The van der Waals surface area contributed by atoms with Gasteiger partial charge in [-0.3, -0.25) is 9.79 Å². The molecule has 0 aromatic heterocycles. The number of nitrogens with one attached hydrogen (secondary N) is 3. The van der Waals surface area contributed by atoms with Gasteiger partial charge in [-0.25, -0.2) is 0 Å². The molecule has 1 aliphatic carbocycles. The fourth-order valence-electron chi connectivity index (χ4n) is 3.02. The van der Waals surface area contributed by atoms with Crippen LogP contribution in [0, 0.1) is 5.92 Å². The van der Waals surface area contributed by atoms with Crippen molar-refractivity contribution < 1.29 is 9.53 Å². The number of aliphatic imine (C=N–C) groups is 1. The Kier molecular flexibility index (Phi) is 9.93. The molecule has 0 bridgehead atoms. The van der Waals surface area contributed by atoms with Crippen molar-refractivity contribution in [2.45, 2.75) is 25.8 Å². The van der Waals surface area contributed by atoms with Gasteiger partial charge in [-0.15, -0.1) is 24.0 Å². The maximum Gasteiger partial charge on any atom is 0.251 e. The topological polar surface area (TPSA) is 74.8 Å². The van der Waals surface area contributed by atoms with E-state index in [1.807, 2.05) is 42.5 Å². The van der Waals surface area contributed by atoms with E-state index in [2.05, 4.69) is 27.0 Å². The molecule has 3 N–H and O–H groups in total. The smallest absolute Gasteiger partial charge is 0.251 e. The first-order valence-electron chi connectivity index (χ1n) is 10.2. The van der Waals surface area contributed by atoms with Crippen molar-refractivity contribution in [2.24, 2.45) is 10.9 Å². The first-order valence-corrected chi connectivity index (χ1v) is 10.2. The molecule has 7 heteroatoms. The fraction of sp³-hybridized carbons (Fsp3) is 0.391.